The molecule has 0 atom stereocenters. The van der Waals surface area contributed by atoms with Gasteiger partial charge < -0.3 is 15.4 Å². The molecule has 1 fully saturated rings. The number of nitrogens with zero attached hydrogens (tertiary/aromatic N) is 1. The van der Waals surface area contributed by atoms with Crippen LogP contribution < -0.4 is 15.4 Å². The van der Waals surface area contributed by atoms with Gasteiger partial charge in [0, 0.05) is 12.2 Å². The molecule has 1 saturated carbocycles. The number of hydrogen-bond donors (Lipinski definition) is 2. The Kier molecular flexibility index (Phi) is 5.84. The van der Waals surface area contributed by atoms with Crippen LogP contribution in [0.2, 0.25) is 0 Å². The topological polar surface area (TPSA) is 63.2 Å². The Hall–Kier alpha value is -1.78. The van der Waals surface area contributed by atoms with Gasteiger partial charge in [0.05, 0.1) is 6.10 Å². The molecule has 0 unspecified atom stereocenters. The van der Waals surface area contributed by atoms with Crippen LogP contribution in [0.5, 0.6) is 5.88 Å². The van der Waals surface area contributed by atoms with Gasteiger partial charge in [-0.2, -0.15) is 0 Å². The number of anilines is 1. The van der Waals surface area contributed by atoms with Crippen LogP contribution in [0.25, 0.3) is 0 Å². The van der Waals surface area contributed by atoms with E-state index in [1.807, 2.05) is 13.8 Å². The zero-order valence-electron chi connectivity index (χ0n) is 12.9. The molecular formula is C16H25N3O2. The van der Waals surface area contributed by atoms with Gasteiger partial charge in [-0.15, -0.1) is 0 Å². The Bertz CT molecular complexity index is 455. The van der Waals surface area contributed by atoms with Crippen molar-refractivity contribution in [2.75, 3.05) is 5.32 Å². The van der Waals surface area contributed by atoms with Crippen LogP contribution in [0.3, 0.4) is 0 Å². The van der Waals surface area contributed by atoms with Crippen LogP contribution in [0, 0.1) is 0 Å². The van der Waals surface area contributed by atoms with Gasteiger partial charge in [0.2, 0.25) is 5.88 Å². The third-order valence-electron chi connectivity index (χ3n) is 3.56. The lowest BCUT2D eigenvalue weighted by Gasteiger charge is -2.18. The van der Waals surface area contributed by atoms with Gasteiger partial charge in [-0.1, -0.05) is 25.7 Å². The van der Waals surface area contributed by atoms with Crippen molar-refractivity contribution in [3.63, 3.8) is 0 Å². The van der Waals surface area contributed by atoms with Crippen molar-refractivity contribution in [3.8, 4) is 5.88 Å². The Labute approximate surface area is 126 Å². The summed E-state index contributed by atoms with van der Waals surface area (Å²) in [5.41, 5.74) is 0.609. The average Bonchev–Trinajstić information content (AvgIpc) is 2.69. The average molecular weight is 291 g/mol. The molecule has 0 saturated heterocycles. The van der Waals surface area contributed by atoms with E-state index in [-0.39, 0.29) is 18.2 Å². The predicted molar refractivity (Wildman–Crippen MR) is 83.6 cm³/mol. The van der Waals surface area contributed by atoms with Crippen molar-refractivity contribution in [1.29, 1.82) is 0 Å². The quantitative estimate of drug-likeness (QED) is 0.831. The van der Waals surface area contributed by atoms with E-state index in [0.717, 1.165) is 12.8 Å². The number of aromatic nitrogens is 1. The number of carbonyl (C=O) groups is 1. The minimum atomic E-state index is -0.177. The highest BCUT2D eigenvalue weighted by atomic mass is 16.5. The van der Waals surface area contributed by atoms with E-state index in [0.29, 0.717) is 11.6 Å². The lowest BCUT2D eigenvalue weighted by Crippen LogP contribution is -2.37. The fourth-order valence-corrected chi connectivity index (χ4v) is 2.57. The lowest BCUT2D eigenvalue weighted by molar-refractivity contribution is 0.232. The Morgan fingerprint density at radius 1 is 1.29 bits per heavy atom. The van der Waals surface area contributed by atoms with Gasteiger partial charge in [0.1, 0.15) is 5.69 Å². The summed E-state index contributed by atoms with van der Waals surface area (Å²) in [5.74, 6) is 0.462. The highest BCUT2D eigenvalue weighted by Crippen LogP contribution is 2.22. The monoisotopic (exact) mass is 291 g/mol. The third-order valence-corrected chi connectivity index (χ3v) is 3.56. The molecular weight excluding hydrogens is 266 g/mol. The van der Waals surface area contributed by atoms with Crippen LogP contribution >= 0.6 is 0 Å². The first-order chi connectivity index (χ1) is 10.1. The van der Waals surface area contributed by atoms with E-state index in [9.17, 15) is 4.79 Å². The summed E-state index contributed by atoms with van der Waals surface area (Å²) >= 11 is 0. The fourth-order valence-electron chi connectivity index (χ4n) is 2.57. The van der Waals surface area contributed by atoms with Crippen molar-refractivity contribution in [2.45, 2.75) is 64.5 Å². The molecule has 0 spiro atoms. The summed E-state index contributed by atoms with van der Waals surface area (Å²) in [7, 11) is 0. The summed E-state index contributed by atoms with van der Waals surface area (Å²) in [4.78, 5) is 16.3. The first-order valence-electron chi connectivity index (χ1n) is 7.84. The van der Waals surface area contributed by atoms with Gasteiger partial charge in [-0.25, -0.2) is 9.78 Å². The molecule has 5 heteroatoms. The van der Waals surface area contributed by atoms with E-state index in [1.54, 1.807) is 18.3 Å². The van der Waals surface area contributed by atoms with Crippen LogP contribution in [0.4, 0.5) is 10.5 Å². The van der Waals surface area contributed by atoms with E-state index >= 15 is 0 Å². The highest BCUT2D eigenvalue weighted by Gasteiger charge is 2.16. The second kappa shape index (κ2) is 7.86. The molecule has 1 aliphatic carbocycles. The maximum Gasteiger partial charge on any atom is 0.319 e. The molecule has 21 heavy (non-hydrogen) atoms. The number of nitrogens with one attached hydrogen (secondary N) is 2. The molecule has 0 radical (unpaired) electrons. The fraction of sp³-hybridized carbons (Fsp3) is 0.625. The molecule has 116 valence electrons. The molecule has 1 aromatic rings. The van der Waals surface area contributed by atoms with Gasteiger partial charge in [-0.3, -0.25) is 0 Å². The maximum absolute atomic E-state index is 12.1. The number of hydrogen-bond acceptors (Lipinski definition) is 3. The zero-order valence-corrected chi connectivity index (χ0v) is 12.9. The first-order valence-corrected chi connectivity index (χ1v) is 7.84. The van der Waals surface area contributed by atoms with Crippen LogP contribution in [-0.2, 0) is 0 Å². The molecule has 0 aliphatic heterocycles. The molecule has 1 heterocycles. The number of rotatable bonds is 4. The van der Waals surface area contributed by atoms with Crippen molar-refractivity contribution >= 4 is 11.7 Å². The molecule has 2 amide bonds. The van der Waals surface area contributed by atoms with E-state index in [1.165, 1.54) is 25.7 Å². The SMILES string of the molecule is CC(C)Oc1ncccc1NC(=O)NC1CCCCCC1. The Morgan fingerprint density at radius 3 is 2.67 bits per heavy atom. The summed E-state index contributed by atoms with van der Waals surface area (Å²) in [5, 5.41) is 5.90. The number of pyridine rings is 1. The summed E-state index contributed by atoms with van der Waals surface area (Å²) in [6.07, 6.45) is 8.74. The summed E-state index contributed by atoms with van der Waals surface area (Å²) in [6, 6.07) is 3.69. The summed E-state index contributed by atoms with van der Waals surface area (Å²) < 4.78 is 5.60. The van der Waals surface area contributed by atoms with E-state index in [4.69, 9.17) is 4.74 Å². The Morgan fingerprint density at radius 2 is 2.00 bits per heavy atom. The highest BCUT2D eigenvalue weighted by molar-refractivity contribution is 5.90. The standard InChI is InChI=1S/C16H25N3O2/c1-12(2)21-15-14(10-7-11-17-15)19-16(20)18-13-8-5-3-4-6-9-13/h7,10-13H,3-6,8-9H2,1-2H3,(H2,18,19,20). The van der Waals surface area contributed by atoms with Crippen LogP contribution in [-0.4, -0.2) is 23.2 Å². The first kappa shape index (κ1) is 15.6. The van der Waals surface area contributed by atoms with Gasteiger partial charge in [-0.05, 0) is 38.8 Å². The third kappa shape index (κ3) is 5.25. The normalized spacial score (nSPS) is 16.3. The summed E-state index contributed by atoms with van der Waals surface area (Å²) in [6.45, 7) is 3.87. The smallest absolute Gasteiger partial charge is 0.319 e. The molecule has 2 rings (SSSR count). The molecule has 1 aliphatic rings. The van der Waals surface area contributed by atoms with Gasteiger partial charge in [0.15, 0.2) is 0 Å². The van der Waals surface area contributed by atoms with Crippen LogP contribution in [0.15, 0.2) is 18.3 Å². The lowest BCUT2D eigenvalue weighted by atomic mass is 10.1. The number of amides is 2. The molecule has 5 nitrogen and oxygen atoms in total. The minimum Gasteiger partial charge on any atom is -0.473 e. The molecule has 2 N–H and O–H groups in total. The van der Waals surface area contributed by atoms with Crippen molar-refractivity contribution in [3.05, 3.63) is 18.3 Å². The number of ether oxygens (including phenoxy) is 1. The van der Waals surface area contributed by atoms with E-state index < -0.39 is 0 Å². The van der Waals surface area contributed by atoms with Crippen LogP contribution in [0.1, 0.15) is 52.4 Å². The second-order valence-electron chi connectivity index (χ2n) is 5.81. The van der Waals surface area contributed by atoms with Crippen molar-refractivity contribution in [1.82, 2.24) is 10.3 Å². The second-order valence-corrected chi connectivity index (χ2v) is 5.81. The zero-order chi connectivity index (χ0) is 15.1. The Balaban J connectivity index is 1.92. The number of urea groups is 1. The maximum atomic E-state index is 12.1. The van der Waals surface area contributed by atoms with Crippen molar-refractivity contribution < 1.29 is 9.53 Å². The van der Waals surface area contributed by atoms with Gasteiger partial charge in [0.25, 0.3) is 0 Å². The predicted octanol–water partition coefficient (Wildman–Crippen LogP) is 3.71. The largest absolute Gasteiger partial charge is 0.473 e. The molecule has 0 bridgehead atoms. The molecule has 0 aromatic carbocycles. The van der Waals surface area contributed by atoms with E-state index in [2.05, 4.69) is 15.6 Å². The minimum absolute atomic E-state index is 0.0189. The number of carbonyl (C=O) groups excluding carboxylic acids is 1. The molecule has 1 aromatic heterocycles. The van der Waals surface area contributed by atoms with Crippen molar-refractivity contribution in [2.24, 2.45) is 0 Å². The van der Waals surface area contributed by atoms with Gasteiger partial charge >= 0.3 is 6.03 Å².